The SMILES string of the molecule is CCC(N)C(OCc1ccc(Cl)cc1)C(C)(C)C. The van der Waals surface area contributed by atoms with E-state index in [1.165, 1.54) is 0 Å². The maximum atomic E-state index is 6.15. The predicted molar refractivity (Wildman–Crippen MR) is 77.8 cm³/mol. The van der Waals surface area contributed by atoms with E-state index in [1.54, 1.807) is 0 Å². The first-order chi connectivity index (χ1) is 8.34. The molecule has 18 heavy (non-hydrogen) atoms. The highest BCUT2D eigenvalue weighted by molar-refractivity contribution is 6.30. The van der Waals surface area contributed by atoms with Gasteiger partial charge in [0.2, 0.25) is 0 Å². The zero-order chi connectivity index (χ0) is 13.8. The van der Waals surface area contributed by atoms with Gasteiger partial charge in [-0.1, -0.05) is 51.4 Å². The smallest absolute Gasteiger partial charge is 0.0778 e. The molecule has 2 nitrogen and oxygen atoms in total. The fraction of sp³-hybridized carbons (Fsp3) is 0.600. The van der Waals surface area contributed by atoms with E-state index in [1.807, 2.05) is 24.3 Å². The highest BCUT2D eigenvalue weighted by atomic mass is 35.5. The fourth-order valence-electron chi connectivity index (χ4n) is 2.00. The third kappa shape index (κ3) is 4.60. The molecular weight excluding hydrogens is 246 g/mol. The molecule has 0 saturated heterocycles. The molecule has 1 rings (SSSR count). The van der Waals surface area contributed by atoms with E-state index in [-0.39, 0.29) is 17.6 Å². The van der Waals surface area contributed by atoms with Gasteiger partial charge in [0.05, 0.1) is 12.7 Å². The molecule has 0 aliphatic rings. The van der Waals surface area contributed by atoms with Crippen LogP contribution in [0.1, 0.15) is 39.7 Å². The Morgan fingerprint density at radius 3 is 2.22 bits per heavy atom. The molecule has 2 atom stereocenters. The van der Waals surface area contributed by atoms with Gasteiger partial charge in [0, 0.05) is 11.1 Å². The van der Waals surface area contributed by atoms with Crippen molar-refractivity contribution in [2.75, 3.05) is 0 Å². The zero-order valence-corrected chi connectivity index (χ0v) is 12.5. The minimum absolute atomic E-state index is 0.0435. The van der Waals surface area contributed by atoms with Crippen LogP contribution in [0.3, 0.4) is 0 Å². The molecule has 0 aromatic heterocycles. The van der Waals surface area contributed by atoms with E-state index in [4.69, 9.17) is 22.1 Å². The number of benzene rings is 1. The van der Waals surface area contributed by atoms with E-state index in [0.29, 0.717) is 6.61 Å². The van der Waals surface area contributed by atoms with Crippen LogP contribution in [0.25, 0.3) is 0 Å². The van der Waals surface area contributed by atoms with Gasteiger partial charge in [0.1, 0.15) is 0 Å². The Bertz CT molecular complexity index is 356. The van der Waals surface area contributed by atoms with Crippen molar-refractivity contribution in [2.45, 2.75) is 52.9 Å². The number of hydrogen-bond donors (Lipinski definition) is 1. The summed E-state index contributed by atoms with van der Waals surface area (Å²) in [5, 5.41) is 0.747. The van der Waals surface area contributed by atoms with Crippen molar-refractivity contribution in [3.05, 3.63) is 34.9 Å². The van der Waals surface area contributed by atoms with Gasteiger partial charge in [-0.25, -0.2) is 0 Å². The molecule has 0 aliphatic heterocycles. The van der Waals surface area contributed by atoms with E-state index in [9.17, 15) is 0 Å². The molecular formula is C15H24ClNO. The molecule has 0 amide bonds. The number of ether oxygens (including phenoxy) is 1. The first-order valence-corrected chi connectivity index (χ1v) is 6.84. The summed E-state index contributed by atoms with van der Waals surface area (Å²) in [6.45, 7) is 9.15. The summed E-state index contributed by atoms with van der Waals surface area (Å²) in [6.07, 6.45) is 0.973. The summed E-state index contributed by atoms with van der Waals surface area (Å²) in [5.74, 6) is 0. The predicted octanol–water partition coefficient (Wildman–Crippen LogP) is 4.01. The first-order valence-electron chi connectivity index (χ1n) is 6.46. The molecule has 0 aliphatic carbocycles. The Labute approximate surface area is 115 Å². The Hall–Kier alpha value is -0.570. The molecule has 0 radical (unpaired) electrons. The van der Waals surface area contributed by atoms with Crippen LogP contribution in [0.4, 0.5) is 0 Å². The van der Waals surface area contributed by atoms with Gasteiger partial charge in [0.25, 0.3) is 0 Å². The minimum atomic E-state index is 0.0435. The van der Waals surface area contributed by atoms with Crippen molar-refractivity contribution >= 4 is 11.6 Å². The molecule has 0 saturated carbocycles. The van der Waals surface area contributed by atoms with Crippen molar-refractivity contribution in [3.8, 4) is 0 Å². The number of halogens is 1. The summed E-state index contributed by atoms with van der Waals surface area (Å²) in [6, 6.07) is 7.80. The summed E-state index contributed by atoms with van der Waals surface area (Å²) in [4.78, 5) is 0. The first kappa shape index (κ1) is 15.5. The molecule has 1 aromatic rings. The summed E-state index contributed by atoms with van der Waals surface area (Å²) >= 11 is 5.86. The van der Waals surface area contributed by atoms with Gasteiger partial charge in [0.15, 0.2) is 0 Å². The minimum Gasteiger partial charge on any atom is -0.371 e. The Morgan fingerprint density at radius 2 is 1.78 bits per heavy atom. The normalized spacial score (nSPS) is 15.4. The van der Waals surface area contributed by atoms with Crippen molar-refractivity contribution in [2.24, 2.45) is 11.1 Å². The quantitative estimate of drug-likeness (QED) is 0.877. The second-order valence-corrected chi connectivity index (χ2v) is 6.23. The van der Waals surface area contributed by atoms with Crippen LogP contribution in [-0.2, 0) is 11.3 Å². The number of rotatable bonds is 5. The van der Waals surface area contributed by atoms with Crippen LogP contribution < -0.4 is 5.73 Å². The monoisotopic (exact) mass is 269 g/mol. The lowest BCUT2D eigenvalue weighted by atomic mass is 9.84. The molecule has 0 fully saturated rings. The zero-order valence-electron chi connectivity index (χ0n) is 11.7. The lowest BCUT2D eigenvalue weighted by Gasteiger charge is -2.34. The van der Waals surface area contributed by atoms with Gasteiger partial charge in [-0.05, 0) is 29.5 Å². The number of hydrogen-bond acceptors (Lipinski definition) is 2. The molecule has 2 unspecified atom stereocenters. The van der Waals surface area contributed by atoms with Gasteiger partial charge in [-0.2, -0.15) is 0 Å². The van der Waals surface area contributed by atoms with Crippen molar-refractivity contribution in [3.63, 3.8) is 0 Å². The summed E-state index contributed by atoms with van der Waals surface area (Å²) in [5.41, 5.74) is 7.31. The second kappa shape index (κ2) is 6.55. The highest BCUT2D eigenvalue weighted by Gasteiger charge is 2.30. The lowest BCUT2D eigenvalue weighted by Crippen LogP contribution is -2.44. The Balaban J connectivity index is 2.65. The average Bonchev–Trinajstić information content (AvgIpc) is 2.29. The van der Waals surface area contributed by atoms with E-state index < -0.39 is 0 Å². The standard InChI is InChI=1S/C15H24ClNO/c1-5-13(17)14(15(2,3)4)18-10-11-6-8-12(16)9-7-11/h6-9,13-14H,5,10,17H2,1-4H3. The summed E-state index contributed by atoms with van der Waals surface area (Å²) in [7, 11) is 0. The van der Waals surface area contributed by atoms with Crippen LogP contribution in [0.2, 0.25) is 5.02 Å². The Morgan fingerprint density at radius 1 is 1.22 bits per heavy atom. The molecule has 0 spiro atoms. The van der Waals surface area contributed by atoms with E-state index >= 15 is 0 Å². The van der Waals surface area contributed by atoms with E-state index in [2.05, 4.69) is 27.7 Å². The third-order valence-corrected chi connectivity index (χ3v) is 3.31. The molecule has 1 aromatic carbocycles. The summed E-state index contributed by atoms with van der Waals surface area (Å²) < 4.78 is 6.02. The largest absolute Gasteiger partial charge is 0.371 e. The molecule has 0 bridgehead atoms. The third-order valence-electron chi connectivity index (χ3n) is 3.06. The van der Waals surface area contributed by atoms with Crippen LogP contribution in [0.5, 0.6) is 0 Å². The Kier molecular flexibility index (Phi) is 5.64. The molecule has 0 heterocycles. The van der Waals surface area contributed by atoms with Crippen LogP contribution in [0, 0.1) is 5.41 Å². The van der Waals surface area contributed by atoms with E-state index in [0.717, 1.165) is 17.0 Å². The highest BCUT2D eigenvalue weighted by Crippen LogP contribution is 2.26. The molecule has 2 N–H and O–H groups in total. The lowest BCUT2D eigenvalue weighted by molar-refractivity contribution is -0.0439. The van der Waals surface area contributed by atoms with Crippen LogP contribution in [0.15, 0.2) is 24.3 Å². The fourth-order valence-corrected chi connectivity index (χ4v) is 2.12. The van der Waals surface area contributed by atoms with Gasteiger partial charge >= 0.3 is 0 Å². The van der Waals surface area contributed by atoms with Gasteiger partial charge in [-0.3, -0.25) is 0 Å². The van der Waals surface area contributed by atoms with Crippen molar-refractivity contribution in [1.82, 2.24) is 0 Å². The molecule has 102 valence electrons. The maximum absolute atomic E-state index is 6.15. The van der Waals surface area contributed by atoms with Gasteiger partial charge in [-0.15, -0.1) is 0 Å². The van der Waals surface area contributed by atoms with Gasteiger partial charge < -0.3 is 10.5 Å². The molecule has 3 heteroatoms. The average molecular weight is 270 g/mol. The topological polar surface area (TPSA) is 35.2 Å². The second-order valence-electron chi connectivity index (χ2n) is 5.80. The maximum Gasteiger partial charge on any atom is 0.0778 e. The van der Waals surface area contributed by atoms with Crippen molar-refractivity contribution in [1.29, 1.82) is 0 Å². The van der Waals surface area contributed by atoms with Crippen LogP contribution >= 0.6 is 11.6 Å². The van der Waals surface area contributed by atoms with Crippen LogP contribution in [-0.4, -0.2) is 12.1 Å². The number of nitrogens with two attached hydrogens (primary N) is 1. The van der Waals surface area contributed by atoms with Crippen molar-refractivity contribution < 1.29 is 4.74 Å².